The van der Waals surface area contributed by atoms with Gasteiger partial charge in [0.15, 0.2) is 24.1 Å². The van der Waals surface area contributed by atoms with E-state index < -0.39 is 55.0 Å². The molecule has 2 aromatic rings. The summed E-state index contributed by atoms with van der Waals surface area (Å²) in [6.07, 6.45) is -2.59. The van der Waals surface area contributed by atoms with E-state index in [1.54, 1.807) is 50.2 Å². The highest BCUT2D eigenvalue weighted by molar-refractivity contribution is 6.28. The van der Waals surface area contributed by atoms with Crippen LogP contribution in [-0.2, 0) is 28.5 Å². The molecule has 236 valence electrons. The molecular formula is C34H40O10. The molecule has 0 radical (unpaired) electrons. The quantitative estimate of drug-likeness (QED) is 0.396. The number of fused-ring (bicyclic) bond motifs is 3. The first-order valence-electron chi connectivity index (χ1n) is 15.5. The molecule has 44 heavy (non-hydrogen) atoms. The number of esters is 1. The van der Waals surface area contributed by atoms with Crippen LogP contribution in [-0.4, -0.2) is 78.0 Å². The number of hydrogen-bond acceptors (Lipinski definition) is 10. The van der Waals surface area contributed by atoms with Crippen LogP contribution in [0, 0.1) is 5.92 Å². The number of carbonyl (C=O) groups is 3. The summed E-state index contributed by atoms with van der Waals surface area (Å²) in [5.41, 5.74) is 2.47. The van der Waals surface area contributed by atoms with Crippen molar-refractivity contribution in [3.63, 3.8) is 0 Å². The van der Waals surface area contributed by atoms with Crippen molar-refractivity contribution in [1.82, 2.24) is 0 Å². The van der Waals surface area contributed by atoms with Crippen molar-refractivity contribution in [2.24, 2.45) is 5.92 Å². The van der Waals surface area contributed by atoms with Crippen LogP contribution in [0.25, 0.3) is 0 Å². The van der Waals surface area contributed by atoms with Crippen molar-refractivity contribution in [3.8, 4) is 0 Å². The van der Waals surface area contributed by atoms with Crippen molar-refractivity contribution in [1.29, 1.82) is 0 Å². The number of aliphatic hydroxyl groups is 2. The van der Waals surface area contributed by atoms with E-state index in [1.165, 1.54) is 7.11 Å². The average molecular weight is 609 g/mol. The summed E-state index contributed by atoms with van der Waals surface area (Å²) in [6, 6.07) is 10.1. The Hall–Kier alpha value is -2.99. The summed E-state index contributed by atoms with van der Waals surface area (Å²) in [6.45, 7) is 5.58. The van der Waals surface area contributed by atoms with Gasteiger partial charge in [0.2, 0.25) is 0 Å². The van der Waals surface area contributed by atoms with Crippen LogP contribution in [0.3, 0.4) is 0 Å². The minimum Gasteiger partial charge on any atom is -0.469 e. The van der Waals surface area contributed by atoms with E-state index >= 15 is 0 Å². The molecule has 2 aliphatic heterocycles. The fourth-order valence-electron chi connectivity index (χ4n) is 7.20. The lowest BCUT2D eigenvalue weighted by molar-refractivity contribution is -0.309. The van der Waals surface area contributed by atoms with Crippen LogP contribution in [0.2, 0.25) is 0 Å². The van der Waals surface area contributed by atoms with Crippen molar-refractivity contribution >= 4 is 17.5 Å². The second-order valence-electron chi connectivity index (χ2n) is 12.4. The van der Waals surface area contributed by atoms with Crippen LogP contribution < -0.4 is 0 Å². The molecule has 0 spiro atoms. The van der Waals surface area contributed by atoms with Gasteiger partial charge >= 0.3 is 5.97 Å². The Bertz CT molecular complexity index is 1430. The Balaban J connectivity index is 1.28. The molecule has 0 aromatic heterocycles. The summed E-state index contributed by atoms with van der Waals surface area (Å²) < 4.78 is 29.8. The van der Waals surface area contributed by atoms with Crippen molar-refractivity contribution < 1.29 is 48.3 Å². The standard InChI is InChI=1S/C34H40O10/c1-5-18-12-27(43-29-15-26(36)33(17(3)42-29)44-28-11-10-25(35)16(2)41-28)21-13-23-24(14-22(21)30(18)34(39)40-4)32(38)20-9-7-6-8-19(20)31(23)37/h6-9,13-14,16-18,25-30,33,35-36H,5,10-12,15H2,1-4H3/t16-,17-,18+,25-,26-,27-,28-,29-,30+,33+/m0/s1. The van der Waals surface area contributed by atoms with Gasteiger partial charge in [-0.2, -0.15) is 0 Å². The van der Waals surface area contributed by atoms with Gasteiger partial charge in [-0.1, -0.05) is 37.6 Å². The van der Waals surface area contributed by atoms with E-state index in [0.29, 0.717) is 47.9 Å². The van der Waals surface area contributed by atoms with E-state index in [4.69, 9.17) is 23.7 Å². The zero-order chi connectivity index (χ0) is 31.3. The van der Waals surface area contributed by atoms with Gasteiger partial charge in [-0.05, 0) is 55.9 Å². The SMILES string of the molecule is CC[C@@H]1C[C@H](O[C@H]2C[C@H](O)[C@H](O[C@H]3CC[C@H](O)[C@H](C)O3)[C@H](C)O2)c2cc3c(cc2[C@@H]1C(=O)OC)C(=O)c1ccccc1C3=O. The first-order chi connectivity index (χ1) is 21.1. The van der Waals surface area contributed by atoms with E-state index in [-0.39, 0.29) is 41.1 Å². The molecule has 2 saturated heterocycles. The van der Waals surface area contributed by atoms with Crippen LogP contribution in [0.15, 0.2) is 36.4 Å². The zero-order valence-electron chi connectivity index (χ0n) is 25.4. The molecule has 6 rings (SSSR count). The third-order valence-corrected chi connectivity index (χ3v) is 9.65. The molecule has 2 heterocycles. The molecule has 0 amide bonds. The predicted octanol–water partition coefficient (Wildman–Crippen LogP) is 3.97. The maximum Gasteiger partial charge on any atom is 0.313 e. The molecule has 4 aliphatic rings. The number of hydrogen-bond donors (Lipinski definition) is 2. The van der Waals surface area contributed by atoms with Gasteiger partial charge < -0.3 is 33.9 Å². The number of rotatable bonds is 6. The molecule has 2 aliphatic carbocycles. The second-order valence-corrected chi connectivity index (χ2v) is 12.4. The van der Waals surface area contributed by atoms with Crippen LogP contribution >= 0.6 is 0 Å². The third-order valence-electron chi connectivity index (χ3n) is 9.65. The number of aliphatic hydroxyl groups excluding tert-OH is 2. The Labute approximate surface area is 256 Å². The molecule has 10 atom stereocenters. The molecule has 0 bridgehead atoms. The van der Waals surface area contributed by atoms with Crippen molar-refractivity contribution in [2.45, 2.75) is 108 Å². The summed E-state index contributed by atoms with van der Waals surface area (Å²) in [7, 11) is 1.35. The smallest absolute Gasteiger partial charge is 0.313 e. The molecule has 0 unspecified atom stereocenters. The second kappa shape index (κ2) is 12.4. The van der Waals surface area contributed by atoms with E-state index in [0.717, 1.165) is 0 Å². The Morgan fingerprint density at radius 1 is 0.841 bits per heavy atom. The lowest BCUT2D eigenvalue weighted by atomic mass is 9.70. The first kappa shape index (κ1) is 31.0. The summed E-state index contributed by atoms with van der Waals surface area (Å²) in [5.74, 6) is -1.70. The molecule has 2 N–H and O–H groups in total. The highest BCUT2D eigenvalue weighted by Crippen LogP contribution is 2.48. The number of ether oxygens (including phenoxy) is 5. The highest BCUT2D eigenvalue weighted by atomic mass is 16.7. The Morgan fingerprint density at radius 3 is 2.07 bits per heavy atom. The van der Waals surface area contributed by atoms with Crippen molar-refractivity contribution in [3.05, 3.63) is 69.8 Å². The largest absolute Gasteiger partial charge is 0.469 e. The van der Waals surface area contributed by atoms with Crippen LogP contribution in [0.4, 0.5) is 0 Å². The molecular weight excluding hydrogens is 568 g/mol. The molecule has 2 fully saturated rings. The number of carbonyl (C=O) groups excluding carboxylic acids is 3. The van der Waals surface area contributed by atoms with Gasteiger partial charge in [-0.3, -0.25) is 14.4 Å². The first-order valence-corrected chi connectivity index (χ1v) is 15.5. The Morgan fingerprint density at radius 2 is 1.48 bits per heavy atom. The van der Waals surface area contributed by atoms with Gasteiger partial charge in [0.05, 0.1) is 43.5 Å². The average Bonchev–Trinajstić information content (AvgIpc) is 3.02. The van der Waals surface area contributed by atoms with E-state index in [9.17, 15) is 24.6 Å². The van der Waals surface area contributed by atoms with Crippen LogP contribution in [0.5, 0.6) is 0 Å². The maximum absolute atomic E-state index is 13.6. The monoisotopic (exact) mass is 608 g/mol. The van der Waals surface area contributed by atoms with E-state index in [1.807, 2.05) is 6.92 Å². The number of methoxy groups -OCH3 is 1. The maximum atomic E-state index is 13.6. The zero-order valence-corrected chi connectivity index (χ0v) is 25.4. The fraction of sp³-hybridized carbons (Fsp3) is 0.559. The summed E-state index contributed by atoms with van der Waals surface area (Å²) in [4.78, 5) is 40.2. The minimum atomic E-state index is -0.901. The van der Waals surface area contributed by atoms with Gasteiger partial charge in [0.25, 0.3) is 0 Å². The summed E-state index contributed by atoms with van der Waals surface area (Å²) >= 11 is 0. The van der Waals surface area contributed by atoms with Crippen molar-refractivity contribution in [2.75, 3.05) is 7.11 Å². The fourth-order valence-corrected chi connectivity index (χ4v) is 7.20. The predicted molar refractivity (Wildman–Crippen MR) is 156 cm³/mol. The topological polar surface area (TPSA) is 138 Å². The Kier molecular flexibility index (Phi) is 8.76. The molecule has 10 heteroatoms. The summed E-state index contributed by atoms with van der Waals surface area (Å²) in [5, 5.41) is 21.1. The molecule has 2 aromatic carbocycles. The highest BCUT2D eigenvalue weighted by Gasteiger charge is 2.45. The molecule has 0 saturated carbocycles. The number of ketones is 2. The lowest BCUT2D eigenvalue weighted by Crippen LogP contribution is -2.52. The minimum absolute atomic E-state index is 0.138. The van der Waals surface area contributed by atoms with Gasteiger partial charge in [0, 0.05) is 35.1 Å². The molecule has 10 nitrogen and oxygen atoms in total. The van der Waals surface area contributed by atoms with E-state index in [2.05, 4.69) is 0 Å². The van der Waals surface area contributed by atoms with Gasteiger partial charge in [-0.15, -0.1) is 0 Å². The number of benzene rings is 2. The lowest BCUT2D eigenvalue weighted by Gasteiger charge is -2.43. The normalized spacial score (nSPS) is 35.0. The third kappa shape index (κ3) is 5.52. The van der Waals surface area contributed by atoms with Crippen LogP contribution in [0.1, 0.15) is 108 Å². The van der Waals surface area contributed by atoms with Gasteiger partial charge in [0.1, 0.15) is 6.10 Å². The van der Waals surface area contributed by atoms with Gasteiger partial charge in [-0.25, -0.2) is 0 Å².